The normalized spacial score (nSPS) is 28.6. The monoisotopic (exact) mass is 214 g/mol. The summed E-state index contributed by atoms with van der Waals surface area (Å²) in [6, 6.07) is 0.273. The Morgan fingerprint density at radius 2 is 2.20 bits per heavy atom. The molecule has 0 radical (unpaired) electrons. The molecule has 15 heavy (non-hydrogen) atoms. The van der Waals surface area contributed by atoms with Crippen molar-refractivity contribution >= 4 is 0 Å². The van der Waals surface area contributed by atoms with Crippen molar-refractivity contribution in [3.8, 4) is 0 Å². The van der Waals surface area contributed by atoms with Crippen molar-refractivity contribution in [2.75, 3.05) is 19.7 Å². The first-order valence-corrected chi connectivity index (χ1v) is 6.12. The van der Waals surface area contributed by atoms with Gasteiger partial charge in [0.05, 0.1) is 5.60 Å². The summed E-state index contributed by atoms with van der Waals surface area (Å²) in [6.45, 7) is 9.34. The Morgan fingerprint density at radius 1 is 1.47 bits per heavy atom. The highest BCUT2D eigenvalue weighted by atomic mass is 16.5. The van der Waals surface area contributed by atoms with E-state index in [1.165, 1.54) is 12.8 Å². The van der Waals surface area contributed by atoms with E-state index in [0.717, 1.165) is 26.1 Å². The van der Waals surface area contributed by atoms with Crippen LogP contribution in [0.3, 0.4) is 0 Å². The van der Waals surface area contributed by atoms with Gasteiger partial charge in [0.15, 0.2) is 0 Å². The Balaban J connectivity index is 2.10. The molecule has 1 aliphatic heterocycles. The highest BCUT2D eigenvalue weighted by Crippen LogP contribution is 2.23. The molecule has 0 spiro atoms. The maximum absolute atomic E-state index is 6.00. The molecule has 0 aromatic carbocycles. The predicted molar refractivity (Wildman–Crippen MR) is 63.9 cm³/mol. The largest absolute Gasteiger partial charge is 0.374 e. The van der Waals surface area contributed by atoms with E-state index in [4.69, 9.17) is 10.5 Å². The van der Waals surface area contributed by atoms with Crippen LogP contribution in [0, 0.1) is 5.92 Å². The van der Waals surface area contributed by atoms with Gasteiger partial charge in [-0.15, -0.1) is 0 Å². The smallest absolute Gasteiger partial charge is 0.0779 e. The third-order valence-corrected chi connectivity index (χ3v) is 2.98. The molecule has 0 aromatic rings. The number of nitrogens with two attached hydrogens (primary N) is 1. The second-order valence-corrected chi connectivity index (χ2v) is 5.42. The van der Waals surface area contributed by atoms with Gasteiger partial charge in [0.2, 0.25) is 0 Å². The highest BCUT2D eigenvalue weighted by molar-refractivity contribution is 4.83. The van der Waals surface area contributed by atoms with Gasteiger partial charge in [0.1, 0.15) is 0 Å². The lowest BCUT2D eigenvalue weighted by Gasteiger charge is -2.24. The number of hydrogen-bond donors (Lipinski definition) is 2. The first-order chi connectivity index (χ1) is 7.02. The molecule has 3 nitrogen and oxygen atoms in total. The zero-order valence-electron chi connectivity index (χ0n) is 10.4. The predicted octanol–water partition coefficient (Wildman–Crippen LogP) is 1.52. The molecule has 1 heterocycles. The van der Waals surface area contributed by atoms with E-state index in [2.05, 4.69) is 26.1 Å². The molecule has 0 saturated carbocycles. The Kier molecular flexibility index (Phi) is 5.03. The SMILES string of the molecule is CC(C)CC(N)CNCC1(C)CCCO1. The van der Waals surface area contributed by atoms with Crippen molar-refractivity contribution in [1.29, 1.82) is 0 Å². The molecular weight excluding hydrogens is 188 g/mol. The van der Waals surface area contributed by atoms with E-state index in [9.17, 15) is 0 Å². The molecule has 1 aliphatic rings. The Hall–Kier alpha value is -0.120. The van der Waals surface area contributed by atoms with Gasteiger partial charge in [-0.25, -0.2) is 0 Å². The molecule has 1 saturated heterocycles. The van der Waals surface area contributed by atoms with E-state index in [0.29, 0.717) is 5.92 Å². The summed E-state index contributed by atoms with van der Waals surface area (Å²) < 4.78 is 5.70. The Morgan fingerprint density at radius 3 is 2.73 bits per heavy atom. The summed E-state index contributed by atoms with van der Waals surface area (Å²) in [7, 11) is 0. The third kappa shape index (κ3) is 4.96. The zero-order valence-corrected chi connectivity index (χ0v) is 10.4. The van der Waals surface area contributed by atoms with E-state index < -0.39 is 0 Å². The molecule has 1 rings (SSSR count). The lowest BCUT2D eigenvalue weighted by molar-refractivity contribution is 0.0207. The van der Waals surface area contributed by atoms with Crippen LogP contribution in [-0.2, 0) is 4.74 Å². The van der Waals surface area contributed by atoms with Crippen LogP contribution in [0.15, 0.2) is 0 Å². The van der Waals surface area contributed by atoms with Crippen LogP contribution in [0.25, 0.3) is 0 Å². The Labute approximate surface area is 93.8 Å². The summed E-state index contributed by atoms with van der Waals surface area (Å²) in [5.41, 5.74) is 6.05. The summed E-state index contributed by atoms with van der Waals surface area (Å²) >= 11 is 0. The molecule has 1 fully saturated rings. The molecule has 0 bridgehead atoms. The van der Waals surface area contributed by atoms with E-state index in [1.54, 1.807) is 0 Å². The summed E-state index contributed by atoms with van der Waals surface area (Å²) in [6.07, 6.45) is 3.44. The van der Waals surface area contributed by atoms with Gasteiger partial charge in [0.25, 0.3) is 0 Å². The fourth-order valence-corrected chi connectivity index (χ4v) is 2.19. The molecular formula is C12H26N2O. The van der Waals surface area contributed by atoms with Gasteiger partial charge in [-0.3, -0.25) is 0 Å². The van der Waals surface area contributed by atoms with Gasteiger partial charge in [0, 0.05) is 25.7 Å². The molecule has 0 aromatic heterocycles. The maximum Gasteiger partial charge on any atom is 0.0779 e. The second-order valence-electron chi connectivity index (χ2n) is 5.42. The van der Waals surface area contributed by atoms with Gasteiger partial charge < -0.3 is 15.8 Å². The second kappa shape index (κ2) is 5.83. The van der Waals surface area contributed by atoms with Crippen molar-refractivity contribution in [1.82, 2.24) is 5.32 Å². The third-order valence-electron chi connectivity index (χ3n) is 2.98. The Bertz CT molecular complexity index is 176. The molecule has 2 unspecified atom stereocenters. The number of hydrogen-bond acceptors (Lipinski definition) is 3. The van der Waals surface area contributed by atoms with Crippen LogP contribution >= 0.6 is 0 Å². The van der Waals surface area contributed by atoms with Crippen LogP contribution < -0.4 is 11.1 Å². The summed E-state index contributed by atoms with van der Waals surface area (Å²) in [4.78, 5) is 0. The average Bonchev–Trinajstić information content (AvgIpc) is 2.51. The summed E-state index contributed by atoms with van der Waals surface area (Å²) in [5.74, 6) is 0.681. The van der Waals surface area contributed by atoms with Crippen molar-refractivity contribution in [3.63, 3.8) is 0 Å². The minimum absolute atomic E-state index is 0.0531. The molecule has 0 aliphatic carbocycles. The fourth-order valence-electron chi connectivity index (χ4n) is 2.19. The lowest BCUT2D eigenvalue weighted by Crippen LogP contribution is -2.42. The van der Waals surface area contributed by atoms with E-state index in [1.807, 2.05) is 0 Å². The lowest BCUT2D eigenvalue weighted by atomic mass is 10.0. The van der Waals surface area contributed by atoms with Crippen molar-refractivity contribution in [2.24, 2.45) is 11.7 Å². The minimum Gasteiger partial charge on any atom is -0.374 e. The standard InChI is InChI=1S/C12H26N2O/c1-10(2)7-11(13)8-14-9-12(3)5-4-6-15-12/h10-11,14H,4-9,13H2,1-3H3. The minimum atomic E-state index is 0.0531. The average molecular weight is 214 g/mol. The van der Waals surface area contributed by atoms with Crippen LogP contribution in [0.2, 0.25) is 0 Å². The van der Waals surface area contributed by atoms with Crippen LogP contribution in [0.4, 0.5) is 0 Å². The summed E-state index contributed by atoms with van der Waals surface area (Å²) in [5, 5.41) is 3.42. The topological polar surface area (TPSA) is 47.3 Å². The molecule has 2 atom stereocenters. The van der Waals surface area contributed by atoms with Crippen molar-refractivity contribution in [3.05, 3.63) is 0 Å². The van der Waals surface area contributed by atoms with Crippen LogP contribution in [0.1, 0.15) is 40.0 Å². The molecule has 0 amide bonds. The number of nitrogens with one attached hydrogen (secondary N) is 1. The first kappa shape index (κ1) is 12.9. The highest BCUT2D eigenvalue weighted by Gasteiger charge is 2.29. The van der Waals surface area contributed by atoms with Crippen LogP contribution in [0.5, 0.6) is 0 Å². The molecule has 90 valence electrons. The quantitative estimate of drug-likeness (QED) is 0.705. The van der Waals surface area contributed by atoms with Gasteiger partial charge in [-0.05, 0) is 32.1 Å². The molecule has 3 heteroatoms. The maximum atomic E-state index is 6.00. The first-order valence-electron chi connectivity index (χ1n) is 6.12. The number of ether oxygens (including phenoxy) is 1. The van der Waals surface area contributed by atoms with Crippen molar-refractivity contribution in [2.45, 2.75) is 51.7 Å². The van der Waals surface area contributed by atoms with E-state index >= 15 is 0 Å². The van der Waals surface area contributed by atoms with Crippen molar-refractivity contribution < 1.29 is 4.74 Å². The van der Waals surface area contributed by atoms with Crippen LogP contribution in [-0.4, -0.2) is 31.3 Å². The van der Waals surface area contributed by atoms with E-state index in [-0.39, 0.29) is 11.6 Å². The fraction of sp³-hybridized carbons (Fsp3) is 1.00. The molecule has 3 N–H and O–H groups in total. The van der Waals surface area contributed by atoms with Gasteiger partial charge in [-0.1, -0.05) is 13.8 Å². The zero-order chi connectivity index (χ0) is 11.3. The number of rotatable bonds is 6. The van der Waals surface area contributed by atoms with Gasteiger partial charge in [-0.2, -0.15) is 0 Å². The van der Waals surface area contributed by atoms with Gasteiger partial charge >= 0.3 is 0 Å².